The lowest BCUT2D eigenvalue weighted by molar-refractivity contribution is -0.718. The van der Waals surface area contributed by atoms with Crippen LogP contribution >= 0.6 is 0 Å². The molecule has 1 saturated carbocycles. The Morgan fingerprint density at radius 2 is 2.00 bits per heavy atom. The third kappa shape index (κ3) is 3.38. The van der Waals surface area contributed by atoms with Gasteiger partial charge in [0, 0.05) is 11.8 Å². The summed E-state index contributed by atoms with van der Waals surface area (Å²) < 4.78 is 5.81. The highest BCUT2D eigenvalue weighted by molar-refractivity contribution is 5.14. The van der Waals surface area contributed by atoms with Gasteiger partial charge >= 0.3 is 0 Å². The van der Waals surface area contributed by atoms with Crippen LogP contribution in [0.5, 0.6) is 0 Å². The molecule has 1 atom stereocenters. The Balaban J connectivity index is 1.90. The smallest absolute Gasteiger partial charge is 0.109 e. The van der Waals surface area contributed by atoms with E-state index in [1.165, 1.54) is 32.1 Å². The summed E-state index contributed by atoms with van der Waals surface area (Å²) >= 11 is 0. The second-order valence-corrected chi connectivity index (χ2v) is 6.71. The molecule has 18 heavy (non-hydrogen) atoms. The summed E-state index contributed by atoms with van der Waals surface area (Å²) in [6.45, 7) is 8.97. The molecule has 1 heterocycles. The minimum atomic E-state index is 0.142. The Kier molecular flexibility index (Phi) is 4.16. The molecule has 0 aliphatic heterocycles. The lowest BCUT2D eigenvalue weighted by Gasteiger charge is -2.26. The summed E-state index contributed by atoms with van der Waals surface area (Å²) in [5.41, 5.74) is 0.142. The predicted octanol–water partition coefficient (Wildman–Crippen LogP) is 3.15. The van der Waals surface area contributed by atoms with E-state index in [1.807, 2.05) is 6.92 Å². The maximum absolute atomic E-state index is 5.81. The van der Waals surface area contributed by atoms with Crippen LogP contribution in [0.4, 0.5) is 0 Å². The third-order valence-corrected chi connectivity index (χ3v) is 4.24. The first-order chi connectivity index (χ1) is 8.47. The molecule has 2 nitrogen and oxygen atoms in total. The average Bonchev–Trinajstić information content (AvgIpc) is 2.88. The number of hydrogen-bond donors (Lipinski definition) is 1. The fourth-order valence-electron chi connectivity index (χ4n) is 3.39. The Labute approximate surface area is 111 Å². The van der Waals surface area contributed by atoms with E-state index < -0.39 is 0 Å². The molecule has 0 aromatic carbocycles. The van der Waals surface area contributed by atoms with Crippen LogP contribution in [0.15, 0.2) is 16.5 Å². The molecule has 1 aromatic rings. The average molecular weight is 250 g/mol. The summed E-state index contributed by atoms with van der Waals surface area (Å²) in [7, 11) is 0. The molecule has 102 valence electrons. The van der Waals surface area contributed by atoms with Crippen LogP contribution in [-0.2, 0) is 5.41 Å². The molecule has 2 heteroatoms. The van der Waals surface area contributed by atoms with E-state index in [9.17, 15) is 0 Å². The third-order valence-electron chi connectivity index (χ3n) is 4.24. The van der Waals surface area contributed by atoms with E-state index in [0.717, 1.165) is 17.6 Å². The van der Waals surface area contributed by atoms with Crippen LogP contribution in [0.1, 0.15) is 64.4 Å². The predicted molar refractivity (Wildman–Crippen MR) is 74.7 cm³/mol. The fraction of sp³-hybridized carbons (Fsp3) is 0.750. The van der Waals surface area contributed by atoms with Gasteiger partial charge in [0.25, 0.3) is 0 Å². The molecular formula is C16H28NO+. The number of aryl methyl sites for hydroxylation is 1. The fourth-order valence-corrected chi connectivity index (χ4v) is 3.39. The number of furan rings is 1. The summed E-state index contributed by atoms with van der Waals surface area (Å²) in [6.07, 6.45) is 6.84. The molecule has 1 aliphatic carbocycles. The van der Waals surface area contributed by atoms with Gasteiger partial charge in [-0.1, -0.05) is 13.8 Å². The molecule has 0 spiro atoms. The molecular weight excluding hydrogens is 222 g/mol. The molecule has 2 rings (SSSR count). The zero-order chi connectivity index (χ0) is 13.2. The monoisotopic (exact) mass is 250 g/mol. The molecule has 0 bridgehead atoms. The minimum Gasteiger partial charge on any atom is -0.466 e. The largest absolute Gasteiger partial charge is 0.466 e. The Bertz CT molecular complexity index is 374. The van der Waals surface area contributed by atoms with Crippen molar-refractivity contribution >= 4 is 0 Å². The Morgan fingerprint density at radius 1 is 1.33 bits per heavy atom. The first kappa shape index (κ1) is 13.7. The zero-order valence-electron chi connectivity index (χ0n) is 12.3. The van der Waals surface area contributed by atoms with Gasteiger partial charge in [0.1, 0.15) is 11.5 Å². The lowest BCUT2D eigenvalue weighted by Crippen LogP contribution is -2.94. The van der Waals surface area contributed by atoms with Crippen molar-refractivity contribution in [1.29, 1.82) is 0 Å². The van der Waals surface area contributed by atoms with Crippen molar-refractivity contribution in [1.82, 2.24) is 0 Å². The van der Waals surface area contributed by atoms with E-state index in [2.05, 4.69) is 38.2 Å². The van der Waals surface area contributed by atoms with Gasteiger partial charge < -0.3 is 9.73 Å². The molecule has 0 amide bonds. The highest BCUT2D eigenvalue weighted by Crippen LogP contribution is 2.29. The zero-order valence-corrected chi connectivity index (χ0v) is 12.3. The molecule has 2 N–H and O–H groups in total. The van der Waals surface area contributed by atoms with Crippen molar-refractivity contribution in [2.75, 3.05) is 0 Å². The number of rotatable bonds is 5. The van der Waals surface area contributed by atoms with E-state index in [0.29, 0.717) is 6.04 Å². The molecule has 1 aliphatic rings. The van der Waals surface area contributed by atoms with E-state index >= 15 is 0 Å². The van der Waals surface area contributed by atoms with Crippen molar-refractivity contribution in [2.24, 2.45) is 0 Å². The van der Waals surface area contributed by atoms with E-state index in [4.69, 9.17) is 4.42 Å². The van der Waals surface area contributed by atoms with Crippen LogP contribution in [0.2, 0.25) is 0 Å². The Hall–Kier alpha value is -0.760. The van der Waals surface area contributed by atoms with E-state index in [-0.39, 0.29) is 5.41 Å². The summed E-state index contributed by atoms with van der Waals surface area (Å²) in [6, 6.07) is 5.75. The lowest BCUT2D eigenvalue weighted by atomic mass is 9.83. The van der Waals surface area contributed by atoms with Crippen molar-refractivity contribution in [3.05, 3.63) is 23.7 Å². The Morgan fingerprint density at radius 3 is 2.56 bits per heavy atom. The summed E-state index contributed by atoms with van der Waals surface area (Å²) in [5.74, 6) is 2.15. The number of nitrogens with two attached hydrogens (primary N) is 1. The first-order valence-corrected chi connectivity index (χ1v) is 7.39. The van der Waals surface area contributed by atoms with Gasteiger partial charge in [0.05, 0.1) is 12.1 Å². The second-order valence-electron chi connectivity index (χ2n) is 6.71. The first-order valence-electron chi connectivity index (χ1n) is 7.39. The van der Waals surface area contributed by atoms with Crippen LogP contribution in [-0.4, -0.2) is 12.1 Å². The molecule has 1 fully saturated rings. The van der Waals surface area contributed by atoms with Crippen LogP contribution in [0.25, 0.3) is 0 Å². The highest BCUT2D eigenvalue weighted by Gasteiger charge is 2.30. The van der Waals surface area contributed by atoms with E-state index in [1.54, 1.807) is 0 Å². The van der Waals surface area contributed by atoms with Gasteiger partial charge in [0.15, 0.2) is 0 Å². The second kappa shape index (κ2) is 5.48. The molecule has 0 saturated heterocycles. The highest BCUT2D eigenvalue weighted by atomic mass is 16.3. The normalized spacial score (nSPS) is 19.3. The van der Waals surface area contributed by atoms with Crippen molar-refractivity contribution in [3.63, 3.8) is 0 Å². The van der Waals surface area contributed by atoms with Crippen LogP contribution in [0, 0.1) is 6.92 Å². The summed E-state index contributed by atoms with van der Waals surface area (Å²) in [5, 5.41) is 2.59. The van der Waals surface area contributed by atoms with Gasteiger partial charge in [-0.25, -0.2) is 0 Å². The van der Waals surface area contributed by atoms with Gasteiger partial charge in [-0.3, -0.25) is 0 Å². The molecule has 1 aromatic heterocycles. The quantitative estimate of drug-likeness (QED) is 0.854. The summed E-state index contributed by atoms with van der Waals surface area (Å²) in [4.78, 5) is 0. The molecule has 0 radical (unpaired) electrons. The van der Waals surface area contributed by atoms with Crippen LogP contribution in [0.3, 0.4) is 0 Å². The topological polar surface area (TPSA) is 29.8 Å². The van der Waals surface area contributed by atoms with Crippen molar-refractivity contribution in [2.45, 2.75) is 77.3 Å². The maximum Gasteiger partial charge on any atom is 0.109 e. The van der Waals surface area contributed by atoms with Gasteiger partial charge in [0.2, 0.25) is 0 Å². The van der Waals surface area contributed by atoms with Gasteiger partial charge in [-0.2, -0.15) is 0 Å². The van der Waals surface area contributed by atoms with Crippen molar-refractivity contribution in [3.8, 4) is 0 Å². The SMILES string of the molecule is Cc1ccc(C(C)(C)C[C@@H](C)[NH2+]C2CCCC2)o1. The maximum atomic E-state index is 5.81. The standard InChI is InChI=1S/C16H27NO/c1-12(17-14-7-5-6-8-14)11-16(3,4)15-10-9-13(2)18-15/h9-10,12,14,17H,5-8,11H2,1-4H3/p+1/t12-/m1/s1. The number of quaternary nitrogens is 1. The van der Waals surface area contributed by atoms with Crippen molar-refractivity contribution < 1.29 is 9.73 Å². The number of hydrogen-bond acceptors (Lipinski definition) is 1. The molecule has 0 unspecified atom stereocenters. The minimum absolute atomic E-state index is 0.142. The van der Waals surface area contributed by atoms with Crippen LogP contribution < -0.4 is 5.32 Å². The van der Waals surface area contributed by atoms with Gasteiger partial charge in [-0.05, 0) is 51.7 Å². The van der Waals surface area contributed by atoms with Gasteiger partial charge in [-0.15, -0.1) is 0 Å².